The highest BCUT2D eigenvalue weighted by atomic mass is 16.7. The normalized spacial score (nSPS) is 23.4. The molecule has 1 fully saturated rings. The average Bonchev–Trinajstić information content (AvgIpc) is 2.80. The Morgan fingerprint density at radius 2 is 1.36 bits per heavy atom. The molecule has 200 valence electrons. The Labute approximate surface area is 210 Å². The number of ether oxygens (including phenoxy) is 5. The van der Waals surface area contributed by atoms with Gasteiger partial charge in [0.25, 0.3) is 0 Å². The van der Waals surface area contributed by atoms with Crippen molar-refractivity contribution in [3.8, 4) is 5.75 Å². The highest BCUT2D eigenvalue weighted by Crippen LogP contribution is 2.32. The number of hydrogen-bond acceptors (Lipinski definition) is 10. The molecule has 0 aliphatic carbocycles. The topological polar surface area (TPSA) is 161 Å². The Kier molecular flexibility index (Phi) is 11.0. The van der Waals surface area contributed by atoms with Crippen LogP contribution in [0.3, 0.4) is 0 Å². The molecule has 1 heterocycles. The lowest BCUT2D eigenvalue weighted by Gasteiger charge is -2.43. The van der Waals surface area contributed by atoms with Gasteiger partial charge < -0.3 is 34.5 Å². The molecule has 0 aromatic heterocycles. The molecule has 1 aromatic rings. The van der Waals surface area contributed by atoms with Gasteiger partial charge in [-0.1, -0.05) is 20.8 Å². The summed E-state index contributed by atoms with van der Waals surface area (Å²) in [6.07, 6.45) is -4.09. The number of carboxylic acid groups (broad SMARTS) is 1. The van der Waals surface area contributed by atoms with Crippen molar-refractivity contribution in [2.24, 2.45) is 0 Å². The van der Waals surface area contributed by atoms with E-state index in [0.29, 0.717) is 19.3 Å². The minimum atomic E-state index is -1.37. The zero-order chi connectivity index (χ0) is 26.8. The summed E-state index contributed by atoms with van der Waals surface area (Å²) in [5.74, 6) is -3.11. The van der Waals surface area contributed by atoms with Crippen LogP contribution in [0.5, 0.6) is 5.75 Å². The maximum Gasteiger partial charge on any atom is 0.339 e. The number of nitrogen functional groups attached to an aromatic ring is 1. The molecule has 1 aliphatic rings. The van der Waals surface area contributed by atoms with Crippen molar-refractivity contribution in [2.45, 2.75) is 96.9 Å². The fraction of sp³-hybridized carbons (Fsp3) is 0.600. The predicted octanol–water partition coefficient (Wildman–Crippen LogP) is 3.23. The molecule has 0 spiro atoms. The van der Waals surface area contributed by atoms with Gasteiger partial charge in [0.1, 0.15) is 11.3 Å². The van der Waals surface area contributed by atoms with E-state index in [0.717, 1.165) is 0 Å². The lowest BCUT2D eigenvalue weighted by molar-refractivity contribution is -0.281. The van der Waals surface area contributed by atoms with Crippen molar-refractivity contribution in [3.05, 3.63) is 23.8 Å². The fourth-order valence-corrected chi connectivity index (χ4v) is 3.68. The summed E-state index contributed by atoms with van der Waals surface area (Å²) in [7, 11) is 0. The monoisotopic (exact) mass is 509 g/mol. The Bertz CT molecular complexity index is 933. The van der Waals surface area contributed by atoms with E-state index >= 15 is 0 Å². The first-order valence-electron chi connectivity index (χ1n) is 12.1. The lowest BCUT2D eigenvalue weighted by Crippen LogP contribution is -2.62. The third-order valence-corrected chi connectivity index (χ3v) is 5.37. The van der Waals surface area contributed by atoms with Gasteiger partial charge in [-0.3, -0.25) is 14.4 Å². The van der Waals surface area contributed by atoms with Crippen molar-refractivity contribution in [1.82, 2.24) is 0 Å². The van der Waals surface area contributed by atoms with Crippen molar-refractivity contribution >= 4 is 29.6 Å². The minimum Gasteiger partial charge on any atom is -0.478 e. The van der Waals surface area contributed by atoms with Crippen molar-refractivity contribution in [3.63, 3.8) is 0 Å². The predicted molar refractivity (Wildman–Crippen MR) is 127 cm³/mol. The van der Waals surface area contributed by atoms with Gasteiger partial charge in [0.2, 0.25) is 12.4 Å². The van der Waals surface area contributed by atoms with Crippen LogP contribution in [0.25, 0.3) is 0 Å². The molecule has 36 heavy (non-hydrogen) atoms. The van der Waals surface area contributed by atoms with Gasteiger partial charge in [-0.05, 0) is 44.4 Å². The Balaban J connectivity index is 2.49. The third kappa shape index (κ3) is 7.84. The zero-order valence-electron chi connectivity index (χ0n) is 21.1. The molecule has 2 rings (SSSR count). The quantitative estimate of drug-likeness (QED) is 0.242. The number of esters is 3. The van der Waals surface area contributed by atoms with E-state index in [-0.39, 0.29) is 36.3 Å². The van der Waals surface area contributed by atoms with E-state index in [9.17, 15) is 24.3 Å². The minimum absolute atomic E-state index is 0.0664. The number of anilines is 1. The highest BCUT2D eigenvalue weighted by Gasteiger charge is 2.52. The van der Waals surface area contributed by atoms with Crippen molar-refractivity contribution in [2.75, 3.05) is 5.73 Å². The molecule has 0 radical (unpaired) electrons. The van der Waals surface area contributed by atoms with Gasteiger partial charge >= 0.3 is 23.9 Å². The number of carbonyl (C=O) groups is 4. The number of nitrogens with two attached hydrogens (primary N) is 1. The van der Waals surface area contributed by atoms with E-state index in [1.165, 1.54) is 18.2 Å². The van der Waals surface area contributed by atoms with Crippen LogP contribution in [0.15, 0.2) is 18.2 Å². The summed E-state index contributed by atoms with van der Waals surface area (Å²) < 4.78 is 28.7. The summed E-state index contributed by atoms with van der Waals surface area (Å²) in [6, 6.07) is 4.01. The summed E-state index contributed by atoms with van der Waals surface area (Å²) in [5, 5.41) is 9.59. The van der Waals surface area contributed by atoms with Gasteiger partial charge in [0, 0.05) is 24.9 Å². The zero-order valence-corrected chi connectivity index (χ0v) is 21.1. The lowest BCUT2D eigenvalue weighted by atomic mass is 9.98. The molecule has 3 N–H and O–H groups in total. The van der Waals surface area contributed by atoms with Gasteiger partial charge in [-0.15, -0.1) is 0 Å². The molecular weight excluding hydrogens is 474 g/mol. The van der Waals surface area contributed by atoms with E-state index < -0.39 is 54.6 Å². The fourth-order valence-electron chi connectivity index (χ4n) is 3.68. The Hall–Kier alpha value is -3.34. The maximum absolute atomic E-state index is 12.5. The van der Waals surface area contributed by atoms with E-state index in [2.05, 4.69) is 0 Å². The van der Waals surface area contributed by atoms with Gasteiger partial charge in [-0.25, -0.2) is 4.79 Å². The number of benzene rings is 1. The van der Waals surface area contributed by atoms with Crippen LogP contribution < -0.4 is 10.5 Å². The second-order valence-electron chi connectivity index (χ2n) is 8.50. The summed E-state index contributed by atoms with van der Waals surface area (Å²) in [4.78, 5) is 49.1. The Morgan fingerprint density at radius 1 is 0.861 bits per heavy atom. The maximum atomic E-state index is 12.5. The standard InChI is InChI=1S/C25H35NO10/c1-5-8-18(27)34-21-14(4)32-25(33-17-12-11-15(26)13-16(17)24(30)31)23(36-20(29)10-7-3)22(21)35-19(28)9-6-2/h11-14,21-23,25H,5-10,26H2,1-4H3,(H,30,31)/t14-,21-,22+,23+,25+/m0/s1. The van der Waals surface area contributed by atoms with E-state index in [1.54, 1.807) is 20.8 Å². The van der Waals surface area contributed by atoms with Crippen LogP contribution in [0, 0.1) is 0 Å². The van der Waals surface area contributed by atoms with Gasteiger partial charge in [-0.2, -0.15) is 0 Å². The second kappa shape index (κ2) is 13.7. The van der Waals surface area contributed by atoms with Crippen LogP contribution in [0.1, 0.15) is 76.6 Å². The number of hydrogen-bond donors (Lipinski definition) is 2. The molecule has 1 saturated heterocycles. The first kappa shape index (κ1) is 28.9. The smallest absolute Gasteiger partial charge is 0.339 e. The molecule has 1 aliphatic heterocycles. The molecular formula is C25H35NO10. The van der Waals surface area contributed by atoms with Crippen molar-refractivity contribution in [1.29, 1.82) is 0 Å². The van der Waals surface area contributed by atoms with Crippen LogP contribution in [-0.2, 0) is 33.3 Å². The van der Waals surface area contributed by atoms with Gasteiger partial charge in [0.05, 0.1) is 6.10 Å². The number of carbonyl (C=O) groups excluding carboxylic acids is 3. The molecule has 0 amide bonds. The first-order valence-corrected chi connectivity index (χ1v) is 12.1. The SMILES string of the molecule is CCCC(=O)O[C@@H]1[C@@H](OC(=O)CCC)[C@H](C)O[C@H](Oc2ccc(N)cc2C(=O)O)[C@@H]1OC(=O)CCC. The molecule has 0 saturated carbocycles. The highest BCUT2D eigenvalue weighted by molar-refractivity contribution is 5.92. The molecule has 11 heteroatoms. The summed E-state index contributed by atoms with van der Waals surface area (Å²) in [5.41, 5.74) is 5.69. The van der Waals surface area contributed by atoms with Crippen LogP contribution in [0.4, 0.5) is 5.69 Å². The van der Waals surface area contributed by atoms with E-state index in [1.807, 2.05) is 6.92 Å². The van der Waals surface area contributed by atoms with Gasteiger partial charge in [0.15, 0.2) is 12.2 Å². The largest absolute Gasteiger partial charge is 0.478 e. The van der Waals surface area contributed by atoms with Crippen LogP contribution >= 0.6 is 0 Å². The molecule has 5 atom stereocenters. The number of carboxylic acids is 1. The van der Waals surface area contributed by atoms with E-state index in [4.69, 9.17) is 29.4 Å². The molecule has 1 aromatic carbocycles. The number of aromatic carboxylic acids is 1. The number of rotatable bonds is 12. The van der Waals surface area contributed by atoms with Crippen LogP contribution in [-0.4, -0.2) is 59.7 Å². The average molecular weight is 510 g/mol. The Morgan fingerprint density at radius 3 is 1.86 bits per heavy atom. The summed E-state index contributed by atoms with van der Waals surface area (Å²) in [6.45, 7) is 6.99. The molecule has 0 bridgehead atoms. The van der Waals surface area contributed by atoms with Crippen molar-refractivity contribution < 1.29 is 48.0 Å². The molecule has 0 unspecified atom stereocenters. The van der Waals surface area contributed by atoms with Crippen LogP contribution in [0.2, 0.25) is 0 Å². The summed E-state index contributed by atoms with van der Waals surface area (Å²) >= 11 is 0. The molecule has 11 nitrogen and oxygen atoms in total. The third-order valence-electron chi connectivity index (χ3n) is 5.37. The second-order valence-corrected chi connectivity index (χ2v) is 8.50. The first-order chi connectivity index (χ1) is 17.1.